The SMILES string of the molecule is NC(=O)C=CC(=O)O.[NaH]. The fourth-order valence-corrected chi connectivity index (χ4v) is 0.153. The molecule has 0 atom stereocenters. The molecule has 46 valence electrons. The van der Waals surface area contributed by atoms with Crippen LogP contribution in [0.2, 0.25) is 0 Å². The van der Waals surface area contributed by atoms with Gasteiger partial charge in [0.2, 0.25) is 5.91 Å². The van der Waals surface area contributed by atoms with Crippen molar-refractivity contribution >= 4 is 41.4 Å². The van der Waals surface area contributed by atoms with Crippen molar-refractivity contribution in [1.82, 2.24) is 0 Å². The molecule has 0 aliphatic rings. The second-order valence-electron chi connectivity index (χ2n) is 1.07. The molecular formula is C4H6NNaO3. The van der Waals surface area contributed by atoms with Gasteiger partial charge in [-0.05, 0) is 0 Å². The third kappa shape index (κ3) is 11.3. The van der Waals surface area contributed by atoms with E-state index in [9.17, 15) is 9.59 Å². The van der Waals surface area contributed by atoms with Gasteiger partial charge < -0.3 is 10.8 Å². The van der Waals surface area contributed by atoms with E-state index in [0.717, 1.165) is 6.08 Å². The molecule has 0 rings (SSSR count). The van der Waals surface area contributed by atoms with Crippen LogP contribution in [-0.2, 0) is 9.59 Å². The Bertz CT molecular complexity index is 127. The summed E-state index contributed by atoms with van der Waals surface area (Å²) >= 11 is 0. The minimum atomic E-state index is -1.18. The maximum absolute atomic E-state index is 9.78. The first-order chi connectivity index (χ1) is 3.63. The Balaban J connectivity index is 0. The van der Waals surface area contributed by atoms with E-state index in [1.54, 1.807) is 0 Å². The summed E-state index contributed by atoms with van der Waals surface area (Å²) in [5.41, 5.74) is 4.55. The second kappa shape index (κ2) is 5.81. The molecule has 0 aliphatic carbocycles. The van der Waals surface area contributed by atoms with E-state index in [2.05, 4.69) is 5.73 Å². The predicted molar refractivity (Wildman–Crippen MR) is 33.1 cm³/mol. The summed E-state index contributed by atoms with van der Waals surface area (Å²) in [6.45, 7) is 0. The number of carboxylic acids is 1. The number of carbonyl (C=O) groups excluding carboxylic acids is 1. The first-order valence-corrected chi connectivity index (χ1v) is 1.83. The van der Waals surface area contributed by atoms with Gasteiger partial charge in [0.05, 0.1) is 0 Å². The topological polar surface area (TPSA) is 80.4 Å². The van der Waals surface area contributed by atoms with E-state index in [1.807, 2.05) is 0 Å². The fourth-order valence-electron chi connectivity index (χ4n) is 0.153. The van der Waals surface area contributed by atoms with Crippen LogP contribution in [0.5, 0.6) is 0 Å². The van der Waals surface area contributed by atoms with Crippen molar-refractivity contribution in [2.45, 2.75) is 0 Å². The van der Waals surface area contributed by atoms with Gasteiger partial charge in [0, 0.05) is 12.2 Å². The fraction of sp³-hybridized carbons (Fsp3) is 0. The van der Waals surface area contributed by atoms with Crippen LogP contribution in [0.15, 0.2) is 12.2 Å². The molecular weight excluding hydrogens is 133 g/mol. The van der Waals surface area contributed by atoms with Gasteiger partial charge in [0.25, 0.3) is 0 Å². The van der Waals surface area contributed by atoms with E-state index in [-0.39, 0.29) is 29.6 Å². The molecule has 0 radical (unpaired) electrons. The van der Waals surface area contributed by atoms with E-state index >= 15 is 0 Å². The Hall–Kier alpha value is -0.320. The van der Waals surface area contributed by atoms with Crippen molar-refractivity contribution in [2.75, 3.05) is 0 Å². The molecule has 5 heteroatoms. The standard InChI is InChI=1S/C4H5NO3.Na.H/c5-3(6)1-2-4(7)8;;/h1-2H,(H2,5,6)(H,7,8);;. The first kappa shape index (κ1) is 11.5. The molecule has 0 saturated carbocycles. The molecule has 0 aromatic heterocycles. The van der Waals surface area contributed by atoms with Crippen LogP contribution < -0.4 is 5.73 Å². The molecule has 0 bridgehead atoms. The van der Waals surface area contributed by atoms with Crippen molar-refractivity contribution in [3.05, 3.63) is 12.2 Å². The normalized spacial score (nSPS) is 8.44. The number of aliphatic carboxylic acids is 1. The zero-order valence-electron chi connectivity index (χ0n) is 4.00. The van der Waals surface area contributed by atoms with Crippen LogP contribution in [0.1, 0.15) is 0 Å². The molecule has 3 N–H and O–H groups in total. The second-order valence-corrected chi connectivity index (χ2v) is 1.07. The van der Waals surface area contributed by atoms with Crippen LogP contribution in [0.25, 0.3) is 0 Å². The summed E-state index contributed by atoms with van der Waals surface area (Å²) in [6, 6.07) is 0. The monoisotopic (exact) mass is 139 g/mol. The average molecular weight is 139 g/mol. The molecule has 0 spiro atoms. The summed E-state index contributed by atoms with van der Waals surface area (Å²) in [6.07, 6.45) is 1.46. The van der Waals surface area contributed by atoms with E-state index in [1.165, 1.54) is 0 Å². The van der Waals surface area contributed by atoms with Crippen molar-refractivity contribution in [3.63, 3.8) is 0 Å². The Morgan fingerprint density at radius 3 is 1.89 bits per heavy atom. The zero-order valence-corrected chi connectivity index (χ0v) is 4.00. The van der Waals surface area contributed by atoms with Gasteiger partial charge in [-0.2, -0.15) is 0 Å². The molecule has 1 amide bonds. The van der Waals surface area contributed by atoms with E-state index < -0.39 is 11.9 Å². The van der Waals surface area contributed by atoms with Gasteiger partial charge in [-0.15, -0.1) is 0 Å². The molecule has 0 fully saturated rings. The summed E-state index contributed by atoms with van der Waals surface area (Å²) < 4.78 is 0. The molecule has 0 heterocycles. The van der Waals surface area contributed by atoms with Crippen LogP contribution in [0.3, 0.4) is 0 Å². The molecule has 0 aliphatic heterocycles. The molecule has 0 aromatic rings. The van der Waals surface area contributed by atoms with E-state index in [4.69, 9.17) is 5.11 Å². The summed E-state index contributed by atoms with van der Waals surface area (Å²) in [5.74, 6) is -1.93. The number of nitrogens with two attached hydrogens (primary N) is 1. The summed E-state index contributed by atoms with van der Waals surface area (Å²) in [7, 11) is 0. The van der Waals surface area contributed by atoms with Gasteiger partial charge >= 0.3 is 35.5 Å². The third-order valence-corrected chi connectivity index (χ3v) is 0.390. The van der Waals surface area contributed by atoms with Crippen molar-refractivity contribution < 1.29 is 14.7 Å². The number of primary amides is 1. The molecule has 0 aromatic carbocycles. The molecule has 4 nitrogen and oxygen atoms in total. The van der Waals surface area contributed by atoms with Gasteiger partial charge in [-0.1, -0.05) is 0 Å². The number of amides is 1. The average Bonchev–Trinajstić information content (AvgIpc) is 1.61. The maximum atomic E-state index is 9.78. The van der Waals surface area contributed by atoms with Crippen molar-refractivity contribution in [2.24, 2.45) is 5.73 Å². The van der Waals surface area contributed by atoms with Crippen LogP contribution in [-0.4, -0.2) is 46.5 Å². The number of carbonyl (C=O) groups is 2. The van der Waals surface area contributed by atoms with Crippen LogP contribution >= 0.6 is 0 Å². The quantitative estimate of drug-likeness (QED) is 0.359. The van der Waals surface area contributed by atoms with Crippen molar-refractivity contribution in [3.8, 4) is 0 Å². The Morgan fingerprint density at radius 1 is 1.33 bits per heavy atom. The summed E-state index contributed by atoms with van der Waals surface area (Å²) in [4.78, 5) is 19.4. The van der Waals surface area contributed by atoms with Gasteiger partial charge in [0.15, 0.2) is 0 Å². The Labute approximate surface area is 74.0 Å². The number of rotatable bonds is 2. The number of hydrogen-bond donors (Lipinski definition) is 2. The van der Waals surface area contributed by atoms with Crippen LogP contribution in [0, 0.1) is 0 Å². The molecule has 0 unspecified atom stereocenters. The number of carboxylic acid groups (broad SMARTS) is 1. The zero-order chi connectivity index (χ0) is 6.57. The van der Waals surface area contributed by atoms with Gasteiger partial charge in [0.1, 0.15) is 0 Å². The molecule has 0 saturated heterocycles. The predicted octanol–water partition coefficient (Wildman–Crippen LogP) is -1.54. The minimum absolute atomic E-state index is 0. The van der Waals surface area contributed by atoms with Crippen molar-refractivity contribution in [1.29, 1.82) is 0 Å². The molecule has 9 heavy (non-hydrogen) atoms. The summed E-state index contributed by atoms with van der Waals surface area (Å²) in [5, 5.41) is 7.87. The van der Waals surface area contributed by atoms with Gasteiger partial charge in [-0.3, -0.25) is 4.79 Å². The Morgan fingerprint density at radius 2 is 1.78 bits per heavy atom. The Kier molecular flexibility index (Phi) is 7.41. The van der Waals surface area contributed by atoms with Gasteiger partial charge in [-0.25, -0.2) is 4.79 Å². The van der Waals surface area contributed by atoms with Crippen LogP contribution in [0.4, 0.5) is 0 Å². The number of hydrogen-bond acceptors (Lipinski definition) is 2. The first-order valence-electron chi connectivity index (χ1n) is 1.83. The third-order valence-electron chi connectivity index (χ3n) is 0.390. The van der Waals surface area contributed by atoms with E-state index in [0.29, 0.717) is 6.08 Å².